The highest BCUT2D eigenvalue weighted by Crippen LogP contribution is 2.20. The van der Waals surface area contributed by atoms with Crippen LogP contribution in [0.2, 0.25) is 0 Å². The molecular formula is C15H12N2O. The number of benzene rings is 1. The average Bonchev–Trinajstić information content (AvgIpc) is 2.39. The molecule has 3 heteroatoms. The lowest BCUT2D eigenvalue weighted by Gasteiger charge is -2.05. The van der Waals surface area contributed by atoms with Crippen molar-refractivity contribution in [3.8, 4) is 11.3 Å². The molecule has 0 atom stereocenters. The molecule has 0 saturated carbocycles. The van der Waals surface area contributed by atoms with Crippen molar-refractivity contribution in [2.24, 2.45) is 0 Å². The molecule has 3 rings (SSSR count). The number of aryl methyl sites for hydroxylation is 1. The van der Waals surface area contributed by atoms with Crippen LogP contribution >= 0.6 is 0 Å². The Morgan fingerprint density at radius 1 is 1.11 bits per heavy atom. The third-order valence-corrected chi connectivity index (χ3v) is 3.02. The highest BCUT2D eigenvalue weighted by molar-refractivity contribution is 5.83. The number of nitrogens with one attached hydrogen (secondary N) is 1. The van der Waals surface area contributed by atoms with Crippen molar-refractivity contribution in [1.82, 2.24) is 9.97 Å². The van der Waals surface area contributed by atoms with E-state index in [0.29, 0.717) is 5.56 Å². The number of fused-ring (bicyclic) bond motifs is 1. The number of hydrogen-bond acceptors (Lipinski definition) is 2. The molecule has 0 radical (unpaired) electrons. The van der Waals surface area contributed by atoms with Crippen molar-refractivity contribution < 1.29 is 0 Å². The van der Waals surface area contributed by atoms with E-state index in [2.05, 4.69) is 9.97 Å². The van der Waals surface area contributed by atoms with E-state index in [1.807, 2.05) is 49.4 Å². The summed E-state index contributed by atoms with van der Waals surface area (Å²) in [5.41, 5.74) is 3.10. The summed E-state index contributed by atoms with van der Waals surface area (Å²) in [5.74, 6) is 0. The predicted molar refractivity (Wildman–Crippen MR) is 72.5 cm³/mol. The Bertz CT molecular complexity index is 775. The number of nitrogens with zero attached hydrogens (tertiary/aromatic N) is 1. The van der Waals surface area contributed by atoms with Gasteiger partial charge in [-0.1, -0.05) is 24.3 Å². The van der Waals surface area contributed by atoms with Crippen molar-refractivity contribution in [1.29, 1.82) is 0 Å². The molecule has 3 aromatic rings. The smallest absolute Gasteiger partial charge is 0.257 e. The van der Waals surface area contributed by atoms with Gasteiger partial charge in [-0.2, -0.15) is 0 Å². The van der Waals surface area contributed by atoms with Gasteiger partial charge in [-0.3, -0.25) is 9.78 Å². The Morgan fingerprint density at radius 3 is 2.78 bits per heavy atom. The minimum atomic E-state index is -0.101. The highest BCUT2D eigenvalue weighted by Gasteiger charge is 2.08. The van der Waals surface area contributed by atoms with Crippen LogP contribution in [0.1, 0.15) is 5.56 Å². The standard InChI is InChI=1S/C15H12N2O/c1-10-5-4-8-16-14(10)12-9-11-6-2-3-7-13(11)17-15(12)18/h2-9H,1H3,(H,17,18). The average molecular weight is 236 g/mol. The zero-order chi connectivity index (χ0) is 12.5. The summed E-state index contributed by atoms with van der Waals surface area (Å²) >= 11 is 0. The van der Waals surface area contributed by atoms with E-state index in [1.165, 1.54) is 0 Å². The summed E-state index contributed by atoms with van der Waals surface area (Å²) in [6, 6.07) is 13.5. The first-order valence-electron chi connectivity index (χ1n) is 5.80. The van der Waals surface area contributed by atoms with Crippen LogP contribution in [0.4, 0.5) is 0 Å². The topological polar surface area (TPSA) is 45.8 Å². The maximum absolute atomic E-state index is 12.1. The van der Waals surface area contributed by atoms with Gasteiger partial charge in [0.1, 0.15) is 0 Å². The van der Waals surface area contributed by atoms with E-state index in [0.717, 1.165) is 22.2 Å². The maximum Gasteiger partial charge on any atom is 0.257 e. The molecule has 88 valence electrons. The van der Waals surface area contributed by atoms with Gasteiger partial charge in [0.05, 0.1) is 11.3 Å². The fraction of sp³-hybridized carbons (Fsp3) is 0.0667. The summed E-state index contributed by atoms with van der Waals surface area (Å²) in [5, 5.41) is 1.01. The van der Waals surface area contributed by atoms with Crippen LogP contribution < -0.4 is 5.56 Å². The van der Waals surface area contributed by atoms with Gasteiger partial charge in [-0.25, -0.2) is 0 Å². The van der Waals surface area contributed by atoms with Gasteiger partial charge in [-0.05, 0) is 36.1 Å². The summed E-state index contributed by atoms with van der Waals surface area (Å²) in [6.07, 6.45) is 1.71. The number of rotatable bonds is 1. The normalized spacial score (nSPS) is 10.7. The van der Waals surface area contributed by atoms with Gasteiger partial charge in [0.15, 0.2) is 0 Å². The summed E-state index contributed by atoms with van der Waals surface area (Å²) in [7, 11) is 0. The SMILES string of the molecule is Cc1cccnc1-c1cc2ccccc2[nH]c1=O. The molecule has 0 saturated heterocycles. The molecule has 0 aliphatic heterocycles. The first-order chi connectivity index (χ1) is 8.75. The Kier molecular flexibility index (Phi) is 2.45. The number of H-pyrrole nitrogens is 1. The fourth-order valence-electron chi connectivity index (χ4n) is 2.09. The second-order valence-electron chi connectivity index (χ2n) is 4.27. The largest absolute Gasteiger partial charge is 0.321 e. The third-order valence-electron chi connectivity index (χ3n) is 3.02. The van der Waals surface area contributed by atoms with Gasteiger partial charge in [0, 0.05) is 11.7 Å². The van der Waals surface area contributed by atoms with E-state index in [9.17, 15) is 4.79 Å². The maximum atomic E-state index is 12.1. The lowest BCUT2D eigenvalue weighted by Crippen LogP contribution is -2.10. The van der Waals surface area contributed by atoms with E-state index in [-0.39, 0.29) is 5.56 Å². The van der Waals surface area contributed by atoms with Crippen LogP contribution in [-0.4, -0.2) is 9.97 Å². The number of para-hydroxylation sites is 1. The molecule has 18 heavy (non-hydrogen) atoms. The van der Waals surface area contributed by atoms with Crippen molar-refractivity contribution in [2.75, 3.05) is 0 Å². The summed E-state index contributed by atoms with van der Waals surface area (Å²) in [6.45, 7) is 1.96. The minimum Gasteiger partial charge on any atom is -0.321 e. The van der Waals surface area contributed by atoms with Crippen LogP contribution in [0.25, 0.3) is 22.2 Å². The van der Waals surface area contributed by atoms with E-state index >= 15 is 0 Å². The van der Waals surface area contributed by atoms with Crippen LogP contribution in [0.3, 0.4) is 0 Å². The molecule has 0 amide bonds. The van der Waals surface area contributed by atoms with Gasteiger partial charge in [0.2, 0.25) is 0 Å². The van der Waals surface area contributed by atoms with Crippen molar-refractivity contribution in [3.63, 3.8) is 0 Å². The fourth-order valence-corrected chi connectivity index (χ4v) is 2.09. The Morgan fingerprint density at radius 2 is 1.94 bits per heavy atom. The van der Waals surface area contributed by atoms with Crippen LogP contribution in [-0.2, 0) is 0 Å². The second kappa shape index (κ2) is 4.11. The predicted octanol–water partition coefficient (Wildman–Crippen LogP) is 2.90. The van der Waals surface area contributed by atoms with Gasteiger partial charge >= 0.3 is 0 Å². The molecule has 0 spiro atoms. The van der Waals surface area contributed by atoms with Crippen LogP contribution in [0.5, 0.6) is 0 Å². The molecule has 0 aliphatic carbocycles. The number of aromatic amines is 1. The monoisotopic (exact) mass is 236 g/mol. The Labute approximate surface area is 104 Å². The lowest BCUT2D eigenvalue weighted by molar-refractivity contribution is 1.23. The van der Waals surface area contributed by atoms with E-state index in [1.54, 1.807) is 6.20 Å². The van der Waals surface area contributed by atoms with E-state index < -0.39 is 0 Å². The Balaban J connectivity index is 2.33. The number of aromatic nitrogens is 2. The van der Waals surface area contributed by atoms with Gasteiger partial charge in [0.25, 0.3) is 5.56 Å². The number of hydrogen-bond donors (Lipinski definition) is 1. The molecule has 0 aliphatic rings. The van der Waals surface area contributed by atoms with E-state index in [4.69, 9.17) is 0 Å². The number of pyridine rings is 2. The quantitative estimate of drug-likeness (QED) is 0.706. The summed E-state index contributed by atoms with van der Waals surface area (Å²) < 4.78 is 0. The van der Waals surface area contributed by atoms with Crippen molar-refractivity contribution >= 4 is 10.9 Å². The molecule has 0 fully saturated rings. The second-order valence-corrected chi connectivity index (χ2v) is 4.27. The zero-order valence-corrected chi connectivity index (χ0v) is 9.97. The molecule has 0 bridgehead atoms. The van der Waals surface area contributed by atoms with Gasteiger partial charge < -0.3 is 4.98 Å². The van der Waals surface area contributed by atoms with Crippen molar-refractivity contribution in [2.45, 2.75) is 6.92 Å². The first kappa shape index (κ1) is 10.7. The van der Waals surface area contributed by atoms with Crippen LogP contribution in [0, 0.1) is 6.92 Å². The minimum absolute atomic E-state index is 0.101. The molecule has 2 heterocycles. The molecule has 2 aromatic heterocycles. The summed E-state index contributed by atoms with van der Waals surface area (Å²) in [4.78, 5) is 19.3. The van der Waals surface area contributed by atoms with Crippen molar-refractivity contribution in [3.05, 3.63) is 64.6 Å². The molecule has 1 aromatic carbocycles. The molecule has 3 nitrogen and oxygen atoms in total. The Hall–Kier alpha value is -2.42. The zero-order valence-electron chi connectivity index (χ0n) is 9.97. The van der Waals surface area contributed by atoms with Gasteiger partial charge in [-0.15, -0.1) is 0 Å². The first-order valence-corrected chi connectivity index (χ1v) is 5.80. The molecule has 1 N–H and O–H groups in total. The highest BCUT2D eigenvalue weighted by atomic mass is 16.1. The lowest BCUT2D eigenvalue weighted by atomic mass is 10.1. The molecule has 0 unspecified atom stereocenters. The van der Waals surface area contributed by atoms with Crippen LogP contribution in [0.15, 0.2) is 53.5 Å². The third kappa shape index (κ3) is 1.70. The molecular weight excluding hydrogens is 224 g/mol.